The number of nitrogens with one attached hydrogen (secondary N) is 1. The summed E-state index contributed by atoms with van der Waals surface area (Å²) in [6, 6.07) is 7.57. The summed E-state index contributed by atoms with van der Waals surface area (Å²) in [6.45, 7) is 1.97. The molecule has 1 fully saturated rings. The maximum absolute atomic E-state index is 13.5. The Kier molecular flexibility index (Phi) is 3.26. The summed E-state index contributed by atoms with van der Waals surface area (Å²) in [7, 11) is 0. The molecule has 1 aromatic carbocycles. The minimum Gasteiger partial charge on any atom is -0.301 e. The predicted molar refractivity (Wildman–Crippen MR) is 63.6 cm³/mol. The molecule has 0 amide bonds. The molecule has 16 heavy (non-hydrogen) atoms. The van der Waals surface area contributed by atoms with Gasteiger partial charge in [-0.2, -0.15) is 0 Å². The highest BCUT2D eigenvalue weighted by Crippen LogP contribution is 2.38. The van der Waals surface area contributed by atoms with Crippen molar-refractivity contribution in [3.63, 3.8) is 0 Å². The Morgan fingerprint density at radius 1 is 1.44 bits per heavy atom. The molecule has 0 heterocycles. The lowest BCUT2D eigenvalue weighted by Gasteiger charge is -2.37. The van der Waals surface area contributed by atoms with E-state index in [9.17, 15) is 4.39 Å². The average Bonchev–Trinajstić information content (AvgIpc) is 2.24. The molecule has 2 rings (SSSR count). The van der Waals surface area contributed by atoms with Crippen LogP contribution < -0.4 is 5.32 Å². The molecular formula is C14H16FN. The first-order valence-corrected chi connectivity index (χ1v) is 5.67. The topological polar surface area (TPSA) is 12.0 Å². The van der Waals surface area contributed by atoms with Gasteiger partial charge in [-0.1, -0.05) is 24.1 Å². The summed E-state index contributed by atoms with van der Waals surface area (Å²) in [6.07, 6.45) is 7.25. The van der Waals surface area contributed by atoms with Crippen LogP contribution in [0.1, 0.15) is 31.2 Å². The standard InChI is InChI=1S/C14H16FN/c1-3-10(2)16-12-8-11(9-12)13-6-4-5-7-14(13)15/h1,4-7,10-12,16H,8-9H2,2H3. The number of hydrogen-bond donors (Lipinski definition) is 1. The highest BCUT2D eigenvalue weighted by molar-refractivity contribution is 5.25. The van der Waals surface area contributed by atoms with Gasteiger partial charge in [0.1, 0.15) is 5.82 Å². The summed E-state index contributed by atoms with van der Waals surface area (Å²) in [4.78, 5) is 0. The van der Waals surface area contributed by atoms with Crippen LogP contribution in [0.4, 0.5) is 4.39 Å². The Morgan fingerprint density at radius 2 is 2.12 bits per heavy atom. The van der Waals surface area contributed by atoms with Crippen molar-refractivity contribution < 1.29 is 4.39 Å². The summed E-state index contributed by atoms with van der Waals surface area (Å²) in [5, 5.41) is 3.33. The van der Waals surface area contributed by atoms with Crippen molar-refractivity contribution in [3.8, 4) is 12.3 Å². The van der Waals surface area contributed by atoms with Gasteiger partial charge in [-0.05, 0) is 37.3 Å². The van der Waals surface area contributed by atoms with Gasteiger partial charge in [0.2, 0.25) is 0 Å². The monoisotopic (exact) mass is 217 g/mol. The van der Waals surface area contributed by atoms with E-state index in [2.05, 4.69) is 11.2 Å². The van der Waals surface area contributed by atoms with E-state index in [1.54, 1.807) is 6.07 Å². The van der Waals surface area contributed by atoms with Gasteiger partial charge in [0.05, 0.1) is 6.04 Å². The number of halogens is 1. The average molecular weight is 217 g/mol. The maximum Gasteiger partial charge on any atom is 0.126 e. The fraction of sp³-hybridized carbons (Fsp3) is 0.429. The summed E-state index contributed by atoms with van der Waals surface area (Å²) in [5.74, 6) is 2.91. The van der Waals surface area contributed by atoms with Crippen LogP contribution in [0, 0.1) is 18.2 Å². The summed E-state index contributed by atoms with van der Waals surface area (Å²) < 4.78 is 13.5. The summed E-state index contributed by atoms with van der Waals surface area (Å²) in [5.41, 5.74) is 0.842. The molecule has 0 radical (unpaired) electrons. The van der Waals surface area contributed by atoms with Gasteiger partial charge in [0.25, 0.3) is 0 Å². The molecule has 1 N–H and O–H groups in total. The van der Waals surface area contributed by atoms with Crippen molar-refractivity contribution in [2.75, 3.05) is 0 Å². The zero-order valence-electron chi connectivity index (χ0n) is 9.41. The van der Waals surface area contributed by atoms with Gasteiger partial charge >= 0.3 is 0 Å². The van der Waals surface area contributed by atoms with E-state index in [0.29, 0.717) is 12.0 Å². The zero-order chi connectivity index (χ0) is 11.5. The molecule has 1 saturated carbocycles. The smallest absolute Gasteiger partial charge is 0.126 e. The van der Waals surface area contributed by atoms with Crippen molar-refractivity contribution >= 4 is 0 Å². The molecule has 1 nitrogen and oxygen atoms in total. The fourth-order valence-electron chi connectivity index (χ4n) is 2.22. The zero-order valence-corrected chi connectivity index (χ0v) is 9.41. The lowest BCUT2D eigenvalue weighted by atomic mass is 9.75. The van der Waals surface area contributed by atoms with Gasteiger partial charge in [-0.15, -0.1) is 6.42 Å². The second kappa shape index (κ2) is 4.67. The maximum atomic E-state index is 13.5. The van der Waals surface area contributed by atoms with E-state index >= 15 is 0 Å². The highest BCUT2D eigenvalue weighted by atomic mass is 19.1. The van der Waals surface area contributed by atoms with Crippen molar-refractivity contribution in [1.82, 2.24) is 5.32 Å². The van der Waals surface area contributed by atoms with E-state index in [1.807, 2.05) is 19.1 Å². The van der Waals surface area contributed by atoms with Crippen LogP contribution in [0.5, 0.6) is 0 Å². The van der Waals surface area contributed by atoms with Gasteiger partial charge in [0.15, 0.2) is 0 Å². The third-order valence-electron chi connectivity index (χ3n) is 3.22. The molecule has 1 unspecified atom stereocenters. The molecule has 1 aliphatic carbocycles. The third-order valence-corrected chi connectivity index (χ3v) is 3.22. The van der Waals surface area contributed by atoms with E-state index in [4.69, 9.17) is 6.42 Å². The predicted octanol–water partition coefficient (Wildman–Crippen LogP) is 2.68. The minimum atomic E-state index is -0.0871. The van der Waals surface area contributed by atoms with Gasteiger partial charge in [0, 0.05) is 6.04 Å². The minimum absolute atomic E-state index is 0.0871. The van der Waals surface area contributed by atoms with E-state index in [1.165, 1.54) is 6.07 Å². The molecule has 1 aromatic rings. The van der Waals surface area contributed by atoms with E-state index in [0.717, 1.165) is 18.4 Å². The molecule has 0 spiro atoms. The first kappa shape index (κ1) is 11.2. The highest BCUT2D eigenvalue weighted by Gasteiger charge is 2.31. The van der Waals surface area contributed by atoms with E-state index in [-0.39, 0.29) is 11.9 Å². The largest absolute Gasteiger partial charge is 0.301 e. The van der Waals surface area contributed by atoms with Crippen LogP contribution in [0.25, 0.3) is 0 Å². The van der Waals surface area contributed by atoms with Crippen LogP contribution >= 0.6 is 0 Å². The molecule has 1 atom stereocenters. The molecule has 1 aliphatic rings. The SMILES string of the molecule is C#CC(C)NC1CC(c2ccccc2F)C1. The Hall–Kier alpha value is -1.33. The number of hydrogen-bond acceptors (Lipinski definition) is 1. The number of terminal acetylenes is 1. The van der Waals surface area contributed by atoms with Crippen molar-refractivity contribution in [1.29, 1.82) is 0 Å². The van der Waals surface area contributed by atoms with Crippen molar-refractivity contribution in [3.05, 3.63) is 35.6 Å². The molecule has 84 valence electrons. The molecule has 0 saturated heterocycles. The van der Waals surface area contributed by atoms with Crippen LogP contribution in [0.2, 0.25) is 0 Å². The van der Waals surface area contributed by atoms with Gasteiger partial charge < -0.3 is 5.32 Å². The quantitative estimate of drug-likeness (QED) is 0.768. The number of rotatable bonds is 3. The third kappa shape index (κ3) is 2.25. The van der Waals surface area contributed by atoms with Crippen LogP contribution in [-0.2, 0) is 0 Å². The Morgan fingerprint density at radius 3 is 2.75 bits per heavy atom. The molecule has 2 heteroatoms. The first-order valence-electron chi connectivity index (χ1n) is 5.67. The van der Waals surface area contributed by atoms with E-state index < -0.39 is 0 Å². The van der Waals surface area contributed by atoms with Crippen LogP contribution in [0.15, 0.2) is 24.3 Å². The Balaban J connectivity index is 1.90. The van der Waals surface area contributed by atoms with Crippen LogP contribution in [0.3, 0.4) is 0 Å². The fourth-order valence-corrected chi connectivity index (χ4v) is 2.22. The molecule has 0 aromatic heterocycles. The Bertz CT molecular complexity index is 401. The summed E-state index contributed by atoms with van der Waals surface area (Å²) >= 11 is 0. The first-order chi connectivity index (χ1) is 7.70. The number of benzene rings is 1. The van der Waals surface area contributed by atoms with Crippen LogP contribution in [-0.4, -0.2) is 12.1 Å². The van der Waals surface area contributed by atoms with Gasteiger partial charge in [-0.25, -0.2) is 4.39 Å². The second-order valence-electron chi connectivity index (χ2n) is 4.44. The Labute approximate surface area is 96.1 Å². The lowest BCUT2D eigenvalue weighted by Crippen LogP contribution is -2.44. The lowest BCUT2D eigenvalue weighted by molar-refractivity contribution is 0.278. The van der Waals surface area contributed by atoms with Gasteiger partial charge in [-0.3, -0.25) is 0 Å². The molecule has 0 aliphatic heterocycles. The molecular weight excluding hydrogens is 201 g/mol. The second-order valence-corrected chi connectivity index (χ2v) is 4.44. The van der Waals surface area contributed by atoms with Crippen molar-refractivity contribution in [2.24, 2.45) is 0 Å². The molecule has 0 bridgehead atoms. The normalized spacial score (nSPS) is 25.6. The van der Waals surface area contributed by atoms with Crippen molar-refractivity contribution in [2.45, 2.75) is 37.8 Å².